The van der Waals surface area contributed by atoms with Gasteiger partial charge < -0.3 is 4.98 Å². The molecule has 1 N–H and O–H groups in total. The maximum atomic E-state index is 13.9. The number of rotatable bonds is 1. The Morgan fingerprint density at radius 1 is 1.00 bits per heavy atom. The van der Waals surface area contributed by atoms with Crippen molar-refractivity contribution in [3.8, 4) is 17.3 Å². The smallest absolute Gasteiger partial charge is 0.192 e. The third-order valence-electron chi connectivity index (χ3n) is 3.23. The van der Waals surface area contributed by atoms with Crippen LogP contribution in [0.1, 0.15) is 5.56 Å². The molecule has 0 aliphatic rings. The molecule has 3 aromatic rings. The SMILES string of the molecule is N#Cc1ccc(F)c(-c2cc(=O)c3c(F)cc(F)cc3[nH]2)c1. The highest BCUT2D eigenvalue weighted by Crippen LogP contribution is 2.24. The lowest BCUT2D eigenvalue weighted by atomic mass is 10.1. The Morgan fingerprint density at radius 2 is 1.77 bits per heavy atom. The first-order chi connectivity index (χ1) is 10.5. The highest BCUT2D eigenvalue weighted by atomic mass is 19.1. The Bertz CT molecular complexity index is 1000. The van der Waals surface area contributed by atoms with E-state index in [0.717, 1.165) is 18.2 Å². The Morgan fingerprint density at radius 3 is 2.50 bits per heavy atom. The van der Waals surface area contributed by atoms with Gasteiger partial charge in [-0.2, -0.15) is 5.26 Å². The monoisotopic (exact) mass is 300 g/mol. The van der Waals surface area contributed by atoms with Gasteiger partial charge in [-0.1, -0.05) is 0 Å². The average Bonchev–Trinajstić information content (AvgIpc) is 2.46. The van der Waals surface area contributed by atoms with Crippen LogP contribution in [0.3, 0.4) is 0 Å². The highest BCUT2D eigenvalue weighted by Gasteiger charge is 2.13. The van der Waals surface area contributed by atoms with Crippen LogP contribution in [0.2, 0.25) is 0 Å². The minimum atomic E-state index is -0.992. The lowest BCUT2D eigenvalue weighted by Gasteiger charge is -2.07. The summed E-state index contributed by atoms with van der Waals surface area (Å²) in [4.78, 5) is 14.6. The molecule has 0 saturated carbocycles. The van der Waals surface area contributed by atoms with Gasteiger partial charge in [-0.3, -0.25) is 4.79 Å². The van der Waals surface area contributed by atoms with E-state index in [-0.39, 0.29) is 27.7 Å². The van der Waals surface area contributed by atoms with Gasteiger partial charge in [0, 0.05) is 17.7 Å². The van der Waals surface area contributed by atoms with E-state index < -0.39 is 22.9 Å². The lowest BCUT2D eigenvalue weighted by molar-refractivity contribution is 0.591. The van der Waals surface area contributed by atoms with Gasteiger partial charge in [0.1, 0.15) is 17.5 Å². The predicted molar refractivity (Wildman–Crippen MR) is 74.6 cm³/mol. The zero-order chi connectivity index (χ0) is 15.9. The molecule has 0 fully saturated rings. The molecule has 108 valence electrons. The summed E-state index contributed by atoms with van der Waals surface area (Å²) < 4.78 is 40.8. The molecule has 2 aromatic carbocycles. The molecular formula is C16H7F3N2O. The Balaban J connectivity index is 2.34. The van der Waals surface area contributed by atoms with E-state index in [2.05, 4.69) is 4.98 Å². The van der Waals surface area contributed by atoms with Crippen LogP contribution in [0.15, 0.2) is 41.2 Å². The number of nitrogens with zero attached hydrogens (tertiary/aromatic N) is 1. The molecule has 1 heterocycles. The molecule has 0 amide bonds. The van der Waals surface area contributed by atoms with Gasteiger partial charge in [0.15, 0.2) is 5.43 Å². The third-order valence-corrected chi connectivity index (χ3v) is 3.23. The molecular weight excluding hydrogens is 293 g/mol. The standard InChI is InChI=1S/C16H7F3N2O/c17-9-4-12(19)16-14(5-9)21-13(6-15(16)22)10-3-8(7-20)1-2-11(10)18/h1-6H,(H,21,22). The third kappa shape index (κ3) is 2.23. The number of halogens is 3. The number of nitriles is 1. The lowest BCUT2D eigenvalue weighted by Crippen LogP contribution is -2.06. The van der Waals surface area contributed by atoms with E-state index in [1.165, 1.54) is 12.1 Å². The first-order valence-electron chi connectivity index (χ1n) is 6.21. The Kier molecular flexibility index (Phi) is 3.18. The predicted octanol–water partition coefficient (Wildman–Crippen LogP) is 3.48. The molecule has 22 heavy (non-hydrogen) atoms. The summed E-state index contributed by atoms with van der Waals surface area (Å²) in [6.45, 7) is 0. The van der Waals surface area contributed by atoms with Crippen LogP contribution in [-0.2, 0) is 0 Å². The Hall–Kier alpha value is -3.07. The van der Waals surface area contributed by atoms with Gasteiger partial charge in [-0.25, -0.2) is 13.2 Å². The number of hydrogen-bond acceptors (Lipinski definition) is 2. The van der Waals surface area contributed by atoms with Crippen molar-refractivity contribution >= 4 is 10.9 Å². The first-order valence-corrected chi connectivity index (χ1v) is 6.21. The van der Waals surface area contributed by atoms with Gasteiger partial charge in [-0.15, -0.1) is 0 Å². The molecule has 0 bridgehead atoms. The molecule has 0 spiro atoms. The topological polar surface area (TPSA) is 56.6 Å². The quantitative estimate of drug-likeness (QED) is 0.748. The first kappa shape index (κ1) is 13.9. The summed E-state index contributed by atoms with van der Waals surface area (Å²) in [5.74, 6) is -2.51. The van der Waals surface area contributed by atoms with Gasteiger partial charge in [-0.05, 0) is 24.3 Å². The van der Waals surface area contributed by atoms with E-state index >= 15 is 0 Å². The van der Waals surface area contributed by atoms with Crippen molar-refractivity contribution in [3.63, 3.8) is 0 Å². The van der Waals surface area contributed by atoms with Crippen LogP contribution in [0, 0.1) is 28.8 Å². The second-order valence-electron chi connectivity index (χ2n) is 4.66. The summed E-state index contributed by atoms with van der Waals surface area (Å²) in [5, 5.41) is 8.55. The fraction of sp³-hybridized carbons (Fsp3) is 0. The number of aromatic nitrogens is 1. The number of hydrogen-bond donors (Lipinski definition) is 1. The van der Waals surface area contributed by atoms with Gasteiger partial charge in [0.2, 0.25) is 0 Å². The minimum absolute atomic E-state index is 0.0253. The number of benzene rings is 2. The number of pyridine rings is 1. The maximum Gasteiger partial charge on any atom is 0.192 e. The molecule has 0 aliphatic carbocycles. The zero-order valence-electron chi connectivity index (χ0n) is 11.0. The second-order valence-corrected chi connectivity index (χ2v) is 4.66. The number of nitrogens with one attached hydrogen (secondary N) is 1. The fourth-order valence-corrected chi connectivity index (χ4v) is 2.25. The van der Waals surface area contributed by atoms with Crippen LogP contribution in [0.4, 0.5) is 13.2 Å². The van der Waals surface area contributed by atoms with Gasteiger partial charge in [0.25, 0.3) is 0 Å². The fourth-order valence-electron chi connectivity index (χ4n) is 2.25. The molecule has 3 rings (SSSR count). The molecule has 0 aliphatic heterocycles. The maximum absolute atomic E-state index is 13.9. The Labute approximate surface area is 122 Å². The van der Waals surface area contributed by atoms with Crippen molar-refractivity contribution in [2.75, 3.05) is 0 Å². The van der Waals surface area contributed by atoms with E-state index in [4.69, 9.17) is 5.26 Å². The number of H-pyrrole nitrogens is 1. The van der Waals surface area contributed by atoms with E-state index in [0.29, 0.717) is 6.07 Å². The summed E-state index contributed by atoms with van der Waals surface area (Å²) in [6, 6.07) is 8.06. The van der Waals surface area contributed by atoms with Crippen LogP contribution in [0.25, 0.3) is 22.2 Å². The highest BCUT2D eigenvalue weighted by molar-refractivity contribution is 5.82. The molecule has 3 nitrogen and oxygen atoms in total. The van der Waals surface area contributed by atoms with E-state index in [1.807, 2.05) is 6.07 Å². The number of aromatic amines is 1. The van der Waals surface area contributed by atoms with Gasteiger partial charge >= 0.3 is 0 Å². The van der Waals surface area contributed by atoms with Crippen molar-refractivity contribution in [1.82, 2.24) is 4.98 Å². The van der Waals surface area contributed by atoms with Crippen LogP contribution < -0.4 is 5.43 Å². The average molecular weight is 300 g/mol. The summed E-state index contributed by atoms with van der Waals surface area (Å²) in [6.07, 6.45) is 0. The summed E-state index contributed by atoms with van der Waals surface area (Å²) in [5.41, 5.74) is -0.577. The number of fused-ring (bicyclic) bond motifs is 1. The van der Waals surface area contributed by atoms with Gasteiger partial charge in [0.05, 0.1) is 28.2 Å². The van der Waals surface area contributed by atoms with E-state index in [9.17, 15) is 18.0 Å². The zero-order valence-corrected chi connectivity index (χ0v) is 11.0. The largest absolute Gasteiger partial charge is 0.354 e. The second kappa shape index (κ2) is 5.04. The van der Waals surface area contributed by atoms with E-state index in [1.54, 1.807) is 0 Å². The molecule has 0 radical (unpaired) electrons. The van der Waals surface area contributed by atoms with Crippen molar-refractivity contribution < 1.29 is 13.2 Å². The van der Waals surface area contributed by atoms with Crippen molar-refractivity contribution in [1.29, 1.82) is 5.26 Å². The molecule has 0 unspecified atom stereocenters. The molecule has 6 heteroatoms. The normalized spacial score (nSPS) is 10.6. The summed E-state index contributed by atoms with van der Waals surface area (Å²) in [7, 11) is 0. The molecule has 1 aromatic heterocycles. The van der Waals surface area contributed by atoms with Crippen LogP contribution in [0.5, 0.6) is 0 Å². The summed E-state index contributed by atoms with van der Waals surface area (Å²) >= 11 is 0. The minimum Gasteiger partial charge on any atom is -0.354 e. The van der Waals surface area contributed by atoms with Crippen molar-refractivity contribution in [2.24, 2.45) is 0 Å². The van der Waals surface area contributed by atoms with Crippen molar-refractivity contribution in [3.05, 3.63) is 69.6 Å². The molecule has 0 saturated heterocycles. The van der Waals surface area contributed by atoms with Crippen LogP contribution >= 0.6 is 0 Å². The van der Waals surface area contributed by atoms with Crippen LogP contribution in [-0.4, -0.2) is 4.98 Å². The molecule has 0 atom stereocenters. The van der Waals surface area contributed by atoms with Crippen molar-refractivity contribution in [2.45, 2.75) is 0 Å².